The molecule has 0 N–H and O–H groups in total. The monoisotopic (exact) mass is 343 g/mol. The van der Waals surface area contributed by atoms with Gasteiger partial charge >= 0.3 is 0 Å². The third-order valence-electron chi connectivity index (χ3n) is 4.15. The fraction of sp³-hybridized carbons (Fsp3) is 0.0476. The van der Waals surface area contributed by atoms with E-state index in [0.717, 1.165) is 11.4 Å². The zero-order valence-electron chi connectivity index (χ0n) is 14.2. The minimum atomic E-state index is -0.148. The molecule has 0 bridgehead atoms. The van der Waals surface area contributed by atoms with Crippen molar-refractivity contribution in [1.82, 2.24) is 9.78 Å². The van der Waals surface area contributed by atoms with Crippen LogP contribution in [0.3, 0.4) is 0 Å². The molecule has 128 valence electrons. The van der Waals surface area contributed by atoms with E-state index in [0.29, 0.717) is 17.1 Å². The van der Waals surface area contributed by atoms with Gasteiger partial charge in [0, 0.05) is 18.8 Å². The Bertz CT molecular complexity index is 1010. The Morgan fingerprint density at radius 3 is 2.31 bits per heavy atom. The number of anilines is 1. The van der Waals surface area contributed by atoms with Crippen LogP contribution in [0.4, 0.5) is 5.69 Å². The van der Waals surface area contributed by atoms with Crippen LogP contribution in [0.5, 0.6) is 0 Å². The van der Waals surface area contributed by atoms with Gasteiger partial charge in [-0.15, -0.1) is 0 Å². The van der Waals surface area contributed by atoms with Gasteiger partial charge in [0.1, 0.15) is 11.4 Å². The van der Waals surface area contributed by atoms with E-state index < -0.39 is 0 Å². The first kappa shape index (κ1) is 15.9. The minimum absolute atomic E-state index is 0.148. The van der Waals surface area contributed by atoms with Crippen molar-refractivity contribution in [3.63, 3.8) is 0 Å². The van der Waals surface area contributed by atoms with Crippen molar-refractivity contribution in [2.24, 2.45) is 0 Å². The highest BCUT2D eigenvalue weighted by Crippen LogP contribution is 2.24. The van der Waals surface area contributed by atoms with Crippen LogP contribution in [0.2, 0.25) is 0 Å². The first-order valence-corrected chi connectivity index (χ1v) is 8.26. The summed E-state index contributed by atoms with van der Waals surface area (Å²) >= 11 is 0. The highest BCUT2D eigenvalue weighted by molar-refractivity contribution is 6.05. The van der Waals surface area contributed by atoms with Gasteiger partial charge < -0.3 is 9.32 Å². The molecule has 4 aromatic rings. The maximum Gasteiger partial charge on any atom is 0.276 e. The normalized spacial score (nSPS) is 10.7. The number of carbonyl (C=O) groups excluding carboxylic acids is 1. The Kier molecular flexibility index (Phi) is 4.11. The molecule has 5 heteroatoms. The van der Waals surface area contributed by atoms with Gasteiger partial charge in [-0.3, -0.25) is 4.79 Å². The molecule has 0 atom stereocenters. The van der Waals surface area contributed by atoms with Gasteiger partial charge in [0.25, 0.3) is 5.91 Å². The quantitative estimate of drug-likeness (QED) is 0.551. The largest absolute Gasteiger partial charge is 0.463 e. The summed E-state index contributed by atoms with van der Waals surface area (Å²) in [5.41, 5.74) is 2.71. The van der Waals surface area contributed by atoms with Crippen LogP contribution in [-0.4, -0.2) is 22.7 Å². The van der Waals surface area contributed by atoms with Crippen LogP contribution in [0.15, 0.2) is 89.5 Å². The minimum Gasteiger partial charge on any atom is -0.463 e. The van der Waals surface area contributed by atoms with E-state index in [4.69, 9.17) is 4.42 Å². The number of hydrogen-bond acceptors (Lipinski definition) is 3. The van der Waals surface area contributed by atoms with Crippen LogP contribution in [0.1, 0.15) is 10.5 Å². The Balaban J connectivity index is 1.80. The smallest absolute Gasteiger partial charge is 0.276 e. The van der Waals surface area contributed by atoms with Crippen molar-refractivity contribution in [3.05, 3.63) is 90.8 Å². The van der Waals surface area contributed by atoms with Crippen molar-refractivity contribution >= 4 is 11.6 Å². The zero-order chi connectivity index (χ0) is 17.9. The summed E-state index contributed by atoms with van der Waals surface area (Å²) in [6.07, 6.45) is 1.59. The van der Waals surface area contributed by atoms with E-state index in [2.05, 4.69) is 5.10 Å². The Labute approximate surface area is 151 Å². The van der Waals surface area contributed by atoms with Crippen molar-refractivity contribution in [1.29, 1.82) is 0 Å². The van der Waals surface area contributed by atoms with E-state index in [1.54, 1.807) is 35.0 Å². The number of para-hydroxylation sites is 2. The molecule has 0 saturated heterocycles. The van der Waals surface area contributed by atoms with Gasteiger partial charge in [-0.05, 0) is 36.4 Å². The second-order valence-corrected chi connectivity index (χ2v) is 5.84. The van der Waals surface area contributed by atoms with Crippen molar-refractivity contribution in [3.8, 4) is 17.1 Å². The molecule has 0 spiro atoms. The van der Waals surface area contributed by atoms with Gasteiger partial charge in [-0.25, -0.2) is 4.68 Å². The fourth-order valence-corrected chi connectivity index (χ4v) is 2.78. The zero-order valence-corrected chi connectivity index (χ0v) is 14.2. The predicted octanol–water partition coefficient (Wildman–Crippen LogP) is 4.41. The highest BCUT2D eigenvalue weighted by atomic mass is 16.3. The van der Waals surface area contributed by atoms with Crippen LogP contribution in [0, 0.1) is 0 Å². The summed E-state index contributed by atoms with van der Waals surface area (Å²) in [4.78, 5) is 14.8. The standard InChI is InChI=1S/C21H17N3O2/c1-23(16-9-4-2-5-10-16)21(25)19-15-18(20-13-8-14-26-20)22-24(19)17-11-6-3-7-12-17/h2-15H,1H3. The maximum absolute atomic E-state index is 13.2. The highest BCUT2D eigenvalue weighted by Gasteiger charge is 2.22. The second kappa shape index (κ2) is 6.72. The summed E-state index contributed by atoms with van der Waals surface area (Å²) in [6.45, 7) is 0. The molecular weight excluding hydrogens is 326 g/mol. The van der Waals surface area contributed by atoms with Crippen molar-refractivity contribution in [2.45, 2.75) is 0 Å². The van der Waals surface area contributed by atoms with E-state index in [1.165, 1.54) is 0 Å². The first-order chi connectivity index (χ1) is 12.7. The Morgan fingerprint density at radius 2 is 1.65 bits per heavy atom. The SMILES string of the molecule is CN(C(=O)c1cc(-c2ccco2)nn1-c1ccccc1)c1ccccc1. The van der Waals surface area contributed by atoms with Crippen molar-refractivity contribution in [2.75, 3.05) is 11.9 Å². The summed E-state index contributed by atoms with van der Waals surface area (Å²) in [7, 11) is 1.76. The average molecular weight is 343 g/mol. The molecule has 0 aliphatic rings. The number of nitrogens with zero attached hydrogens (tertiary/aromatic N) is 3. The van der Waals surface area contributed by atoms with Gasteiger partial charge in [-0.2, -0.15) is 5.10 Å². The molecule has 0 unspecified atom stereocenters. The van der Waals surface area contributed by atoms with Crippen LogP contribution in [-0.2, 0) is 0 Å². The maximum atomic E-state index is 13.2. The molecule has 2 aromatic heterocycles. The van der Waals surface area contributed by atoms with Crippen LogP contribution in [0.25, 0.3) is 17.1 Å². The third-order valence-corrected chi connectivity index (χ3v) is 4.15. The average Bonchev–Trinajstić information content (AvgIpc) is 3.38. The van der Waals surface area contributed by atoms with Crippen LogP contribution >= 0.6 is 0 Å². The molecule has 2 aromatic carbocycles. The predicted molar refractivity (Wildman–Crippen MR) is 100 cm³/mol. The summed E-state index contributed by atoms with van der Waals surface area (Å²) < 4.78 is 7.10. The number of hydrogen-bond donors (Lipinski definition) is 0. The van der Waals surface area contributed by atoms with E-state index in [1.807, 2.05) is 66.7 Å². The molecule has 0 radical (unpaired) electrons. The second-order valence-electron chi connectivity index (χ2n) is 5.84. The fourth-order valence-electron chi connectivity index (χ4n) is 2.78. The summed E-state index contributed by atoms with van der Waals surface area (Å²) in [6, 6.07) is 24.5. The molecule has 26 heavy (non-hydrogen) atoms. The summed E-state index contributed by atoms with van der Waals surface area (Å²) in [5.74, 6) is 0.474. The van der Waals surface area contributed by atoms with E-state index in [9.17, 15) is 4.79 Å². The molecule has 2 heterocycles. The lowest BCUT2D eigenvalue weighted by Gasteiger charge is -2.17. The van der Waals surface area contributed by atoms with Gasteiger partial charge in [0.05, 0.1) is 12.0 Å². The number of aromatic nitrogens is 2. The van der Waals surface area contributed by atoms with Gasteiger partial charge in [-0.1, -0.05) is 36.4 Å². The number of amides is 1. The lowest BCUT2D eigenvalue weighted by Crippen LogP contribution is -2.28. The van der Waals surface area contributed by atoms with E-state index >= 15 is 0 Å². The molecule has 5 nitrogen and oxygen atoms in total. The topological polar surface area (TPSA) is 51.3 Å². The summed E-state index contributed by atoms with van der Waals surface area (Å²) in [5, 5.41) is 4.60. The lowest BCUT2D eigenvalue weighted by atomic mass is 10.2. The number of furan rings is 1. The molecule has 0 aliphatic carbocycles. The van der Waals surface area contributed by atoms with Crippen LogP contribution < -0.4 is 4.90 Å². The van der Waals surface area contributed by atoms with E-state index in [-0.39, 0.29) is 5.91 Å². The molecule has 0 aliphatic heterocycles. The van der Waals surface area contributed by atoms with Gasteiger partial charge in [0.15, 0.2) is 5.76 Å². The third kappa shape index (κ3) is 2.91. The molecular formula is C21H17N3O2. The number of rotatable bonds is 4. The Morgan fingerprint density at radius 1 is 0.962 bits per heavy atom. The lowest BCUT2D eigenvalue weighted by molar-refractivity contribution is 0.0985. The molecule has 0 fully saturated rings. The molecule has 1 amide bonds. The number of benzene rings is 2. The Hall–Kier alpha value is -3.60. The van der Waals surface area contributed by atoms with Gasteiger partial charge in [0.2, 0.25) is 0 Å². The first-order valence-electron chi connectivity index (χ1n) is 8.26. The molecule has 0 saturated carbocycles. The molecule has 4 rings (SSSR count). The van der Waals surface area contributed by atoms with Crippen molar-refractivity contribution < 1.29 is 9.21 Å². The number of carbonyl (C=O) groups is 1.